The van der Waals surface area contributed by atoms with Gasteiger partial charge in [0.15, 0.2) is 5.82 Å². The number of hydrogen-bond acceptors (Lipinski definition) is 4. The van der Waals surface area contributed by atoms with E-state index in [-0.39, 0.29) is 12.2 Å². The number of aryl methyl sites for hydroxylation is 2. The molecular formula is C14H14N2O3. The molecule has 0 atom stereocenters. The Morgan fingerprint density at radius 2 is 1.63 bits per heavy atom. The smallest absolute Gasteiger partial charge is 0.307 e. The third-order valence-corrected chi connectivity index (χ3v) is 2.87. The molecule has 0 unspecified atom stereocenters. The summed E-state index contributed by atoms with van der Waals surface area (Å²) < 4.78 is 0. The average molecular weight is 258 g/mol. The number of carboxylic acid groups (broad SMARTS) is 1. The second-order valence-electron chi connectivity index (χ2n) is 4.31. The van der Waals surface area contributed by atoms with Crippen molar-refractivity contribution in [3.63, 3.8) is 0 Å². The zero-order valence-electron chi connectivity index (χ0n) is 10.7. The summed E-state index contributed by atoms with van der Waals surface area (Å²) in [7, 11) is 0. The topological polar surface area (TPSA) is 83.3 Å². The lowest BCUT2D eigenvalue weighted by molar-refractivity contribution is -0.136. The van der Waals surface area contributed by atoms with E-state index >= 15 is 0 Å². The number of hydrogen-bond donors (Lipinski definition) is 2. The summed E-state index contributed by atoms with van der Waals surface area (Å²) >= 11 is 0. The summed E-state index contributed by atoms with van der Waals surface area (Å²) in [4.78, 5) is 19.4. The highest BCUT2D eigenvalue weighted by Gasteiger charge is 2.12. The summed E-state index contributed by atoms with van der Waals surface area (Å²) in [6, 6.07) is 6.57. The Balaban J connectivity index is 2.44. The maximum atomic E-state index is 10.8. The van der Waals surface area contributed by atoms with Crippen LogP contribution in [0.25, 0.3) is 11.4 Å². The van der Waals surface area contributed by atoms with E-state index in [2.05, 4.69) is 9.97 Å². The minimum atomic E-state index is -0.896. The van der Waals surface area contributed by atoms with Crippen molar-refractivity contribution in [2.24, 2.45) is 0 Å². The Labute approximate surface area is 110 Å². The molecule has 2 aromatic rings. The van der Waals surface area contributed by atoms with E-state index in [4.69, 9.17) is 5.11 Å². The summed E-state index contributed by atoms with van der Waals surface area (Å²) in [6.45, 7) is 3.55. The maximum Gasteiger partial charge on any atom is 0.307 e. The van der Waals surface area contributed by atoms with Crippen LogP contribution in [0.3, 0.4) is 0 Å². The minimum Gasteiger partial charge on any atom is -0.508 e. The molecule has 5 heteroatoms. The molecule has 0 bridgehead atoms. The standard InChI is InChI=1S/C14H14N2O3/c1-8-12(7-13(18)19)9(2)16-14(15-8)10-3-5-11(17)6-4-10/h3-6,17H,7H2,1-2H3,(H,18,19). The molecule has 2 N–H and O–H groups in total. The molecule has 0 amide bonds. The number of aromatic hydroxyl groups is 1. The largest absolute Gasteiger partial charge is 0.508 e. The molecule has 1 aromatic carbocycles. The molecule has 0 aliphatic heterocycles. The van der Waals surface area contributed by atoms with E-state index in [1.165, 1.54) is 0 Å². The summed E-state index contributed by atoms with van der Waals surface area (Å²) in [5.41, 5.74) is 2.76. The average Bonchev–Trinajstić information content (AvgIpc) is 2.34. The van der Waals surface area contributed by atoms with E-state index in [0.717, 1.165) is 5.56 Å². The second-order valence-corrected chi connectivity index (χ2v) is 4.31. The number of carbonyl (C=O) groups is 1. The lowest BCUT2D eigenvalue weighted by Gasteiger charge is -2.09. The van der Waals surface area contributed by atoms with Gasteiger partial charge in [0.1, 0.15) is 5.75 Å². The Morgan fingerprint density at radius 1 is 1.11 bits per heavy atom. The monoisotopic (exact) mass is 258 g/mol. The first-order chi connectivity index (χ1) is 8.97. The Morgan fingerprint density at radius 3 is 2.11 bits per heavy atom. The highest BCUT2D eigenvalue weighted by atomic mass is 16.4. The second kappa shape index (κ2) is 5.06. The van der Waals surface area contributed by atoms with E-state index in [0.29, 0.717) is 22.8 Å². The van der Waals surface area contributed by atoms with Crippen molar-refractivity contribution in [1.29, 1.82) is 0 Å². The van der Waals surface area contributed by atoms with Gasteiger partial charge in [0.2, 0.25) is 0 Å². The number of phenolic OH excluding ortho intramolecular Hbond substituents is 1. The number of nitrogens with zero attached hydrogens (tertiary/aromatic N) is 2. The predicted octanol–water partition coefficient (Wildman–Crippen LogP) is 2.09. The molecule has 0 aliphatic rings. The van der Waals surface area contributed by atoms with Crippen LogP contribution in [0, 0.1) is 13.8 Å². The molecule has 1 heterocycles. The van der Waals surface area contributed by atoms with Crippen LogP contribution < -0.4 is 0 Å². The van der Waals surface area contributed by atoms with Crippen LogP contribution in [-0.2, 0) is 11.2 Å². The first-order valence-electron chi connectivity index (χ1n) is 5.82. The molecule has 0 fully saturated rings. The van der Waals surface area contributed by atoms with Crippen molar-refractivity contribution in [2.45, 2.75) is 20.3 Å². The third kappa shape index (κ3) is 2.88. The Kier molecular flexibility index (Phi) is 3.46. The van der Waals surface area contributed by atoms with Crippen molar-refractivity contribution in [3.8, 4) is 17.1 Å². The summed E-state index contributed by atoms with van der Waals surface area (Å²) in [6.07, 6.45) is -0.0759. The van der Waals surface area contributed by atoms with Crippen LogP contribution in [0.5, 0.6) is 5.75 Å². The number of aromatic nitrogens is 2. The highest BCUT2D eigenvalue weighted by molar-refractivity contribution is 5.71. The van der Waals surface area contributed by atoms with Crippen LogP contribution in [0.1, 0.15) is 17.0 Å². The van der Waals surface area contributed by atoms with Gasteiger partial charge in [0, 0.05) is 22.5 Å². The first kappa shape index (κ1) is 13.0. The molecule has 5 nitrogen and oxygen atoms in total. The molecule has 1 aromatic heterocycles. The molecule has 0 saturated heterocycles. The molecular weight excluding hydrogens is 244 g/mol. The zero-order chi connectivity index (χ0) is 14.0. The van der Waals surface area contributed by atoms with E-state index in [9.17, 15) is 9.90 Å². The summed E-state index contributed by atoms with van der Waals surface area (Å²) in [5.74, 6) is -0.184. The van der Waals surface area contributed by atoms with Crippen molar-refractivity contribution >= 4 is 5.97 Å². The van der Waals surface area contributed by atoms with Gasteiger partial charge >= 0.3 is 5.97 Å². The molecule has 0 saturated carbocycles. The molecule has 2 rings (SSSR count). The zero-order valence-corrected chi connectivity index (χ0v) is 10.7. The molecule has 98 valence electrons. The van der Waals surface area contributed by atoms with Gasteiger partial charge in [-0.1, -0.05) is 0 Å². The van der Waals surface area contributed by atoms with Crippen LogP contribution in [0.15, 0.2) is 24.3 Å². The van der Waals surface area contributed by atoms with Gasteiger partial charge < -0.3 is 10.2 Å². The third-order valence-electron chi connectivity index (χ3n) is 2.87. The van der Waals surface area contributed by atoms with Gasteiger partial charge in [0.05, 0.1) is 6.42 Å². The van der Waals surface area contributed by atoms with Gasteiger partial charge in [-0.3, -0.25) is 4.79 Å². The minimum absolute atomic E-state index is 0.0759. The Bertz CT molecular complexity index is 598. The fraction of sp³-hybridized carbons (Fsp3) is 0.214. The number of aliphatic carboxylic acids is 1. The van der Waals surface area contributed by atoms with Gasteiger partial charge in [0.25, 0.3) is 0 Å². The van der Waals surface area contributed by atoms with Gasteiger partial charge in [-0.05, 0) is 38.1 Å². The lowest BCUT2D eigenvalue weighted by Crippen LogP contribution is -2.08. The van der Waals surface area contributed by atoms with E-state index in [1.807, 2.05) is 0 Å². The lowest BCUT2D eigenvalue weighted by atomic mass is 10.1. The van der Waals surface area contributed by atoms with Crippen LogP contribution in [-0.4, -0.2) is 26.2 Å². The van der Waals surface area contributed by atoms with Crippen LogP contribution in [0.4, 0.5) is 0 Å². The van der Waals surface area contributed by atoms with Crippen molar-refractivity contribution in [1.82, 2.24) is 9.97 Å². The normalized spacial score (nSPS) is 10.4. The van der Waals surface area contributed by atoms with Gasteiger partial charge in [-0.2, -0.15) is 0 Å². The van der Waals surface area contributed by atoms with Crippen LogP contribution in [0.2, 0.25) is 0 Å². The number of phenols is 1. The van der Waals surface area contributed by atoms with Crippen molar-refractivity contribution in [3.05, 3.63) is 41.2 Å². The van der Waals surface area contributed by atoms with Gasteiger partial charge in [-0.25, -0.2) is 9.97 Å². The molecule has 0 radical (unpaired) electrons. The fourth-order valence-electron chi connectivity index (χ4n) is 1.89. The first-order valence-corrected chi connectivity index (χ1v) is 5.82. The molecule has 0 spiro atoms. The fourth-order valence-corrected chi connectivity index (χ4v) is 1.89. The van der Waals surface area contributed by atoms with E-state index in [1.54, 1.807) is 38.1 Å². The SMILES string of the molecule is Cc1nc(-c2ccc(O)cc2)nc(C)c1CC(=O)O. The molecule has 0 aliphatic carbocycles. The molecule has 19 heavy (non-hydrogen) atoms. The predicted molar refractivity (Wildman–Crippen MR) is 69.9 cm³/mol. The number of carboxylic acids is 1. The van der Waals surface area contributed by atoms with Crippen LogP contribution >= 0.6 is 0 Å². The van der Waals surface area contributed by atoms with Crippen molar-refractivity contribution < 1.29 is 15.0 Å². The number of benzene rings is 1. The number of rotatable bonds is 3. The quantitative estimate of drug-likeness (QED) is 0.880. The highest BCUT2D eigenvalue weighted by Crippen LogP contribution is 2.21. The van der Waals surface area contributed by atoms with Crippen molar-refractivity contribution in [2.75, 3.05) is 0 Å². The van der Waals surface area contributed by atoms with E-state index < -0.39 is 5.97 Å². The Hall–Kier alpha value is -2.43. The maximum absolute atomic E-state index is 10.8. The van der Waals surface area contributed by atoms with Gasteiger partial charge in [-0.15, -0.1) is 0 Å². The summed E-state index contributed by atoms with van der Waals surface area (Å²) in [5, 5.41) is 18.1.